The first-order valence-corrected chi connectivity index (χ1v) is 10.5. The van der Waals surface area contributed by atoms with Gasteiger partial charge in [0.15, 0.2) is 0 Å². The highest BCUT2D eigenvalue weighted by Crippen LogP contribution is 2.40. The molecule has 0 radical (unpaired) electrons. The number of amides is 1. The topological polar surface area (TPSA) is 72.5 Å². The summed E-state index contributed by atoms with van der Waals surface area (Å²) in [6, 6.07) is 16.6. The molecule has 0 spiro atoms. The van der Waals surface area contributed by atoms with E-state index in [0.717, 1.165) is 11.1 Å². The van der Waals surface area contributed by atoms with Crippen molar-refractivity contribution in [1.82, 2.24) is 5.32 Å². The first kappa shape index (κ1) is 22.0. The Kier molecular flexibility index (Phi) is 6.61. The molecule has 5 nitrogen and oxygen atoms in total. The average molecular weight is 428 g/mol. The van der Waals surface area contributed by atoms with Gasteiger partial charge in [0.25, 0.3) is 5.91 Å². The lowest BCUT2D eigenvalue weighted by Gasteiger charge is -2.29. The number of hydrogen-bond acceptors (Lipinski definition) is 4. The fourth-order valence-corrected chi connectivity index (χ4v) is 4.04. The molecule has 2 aromatic rings. The smallest absolute Gasteiger partial charge is 0.318 e. The average Bonchev–Trinajstić information content (AvgIpc) is 3.01. The first-order valence-electron chi connectivity index (χ1n) is 10.1. The van der Waals surface area contributed by atoms with Crippen LogP contribution in [0.3, 0.4) is 0 Å². The predicted octanol–water partition coefficient (Wildman–Crippen LogP) is 3.94. The zero-order chi connectivity index (χ0) is 21.9. The Morgan fingerprint density at radius 2 is 1.70 bits per heavy atom. The van der Waals surface area contributed by atoms with Crippen molar-refractivity contribution in [2.75, 3.05) is 6.54 Å². The van der Waals surface area contributed by atoms with Crippen molar-refractivity contribution in [2.45, 2.75) is 38.7 Å². The SMILES string of the molecule is CC(c1ccccc1)C1C(=O)OC(C(=O)NCCc2ccc(Cl)cc2)(C(C)C)C1=O. The minimum atomic E-state index is -1.80. The van der Waals surface area contributed by atoms with Crippen LogP contribution < -0.4 is 5.32 Å². The summed E-state index contributed by atoms with van der Waals surface area (Å²) in [7, 11) is 0. The van der Waals surface area contributed by atoms with Gasteiger partial charge in [-0.1, -0.05) is 74.8 Å². The highest BCUT2D eigenvalue weighted by molar-refractivity contribution is 6.30. The third-order valence-electron chi connectivity index (χ3n) is 5.75. The molecule has 3 unspecified atom stereocenters. The van der Waals surface area contributed by atoms with E-state index in [9.17, 15) is 14.4 Å². The van der Waals surface area contributed by atoms with Gasteiger partial charge < -0.3 is 10.1 Å². The van der Waals surface area contributed by atoms with Crippen LogP contribution in [-0.4, -0.2) is 29.8 Å². The van der Waals surface area contributed by atoms with Gasteiger partial charge in [0.2, 0.25) is 11.4 Å². The molecule has 2 aromatic carbocycles. The molecule has 1 amide bonds. The van der Waals surface area contributed by atoms with Crippen molar-refractivity contribution in [1.29, 1.82) is 0 Å². The van der Waals surface area contributed by atoms with Gasteiger partial charge in [-0.3, -0.25) is 14.4 Å². The van der Waals surface area contributed by atoms with Gasteiger partial charge in [-0.15, -0.1) is 0 Å². The Labute approximate surface area is 181 Å². The van der Waals surface area contributed by atoms with Gasteiger partial charge in [0, 0.05) is 23.4 Å². The minimum Gasteiger partial charge on any atom is -0.440 e. The monoisotopic (exact) mass is 427 g/mol. The number of halogens is 1. The van der Waals surface area contributed by atoms with Crippen LogP contribution in [0.1, 0.15) is 37.8 Å². The van der Waals surface area contributed by atoms with Crippen molar-refractivity contribution < 1.29 is 19.1 Å². The normalized spacial score (nSPS) is 22.1. The van der Waals surface area contributed by atoms with Crippen molar-refractivity contribution in [3.05, 3.63) is 70.7 Å². The minimum absolute atomic E-state index is 0.318. The summed E-state index contributed by atoms with van der Waals surface area (Å²) in [5.74, 6) is -3.55. The molecule has 0 saturated carbocycles. The molecule has 1 aliphatic rings. The summed E-state index contributed by atoms with van der Waals surface area (Å²) in [6.07, 6.45) is 0.572. The fourth-order valence-electron chi connectivity index (χ4n) is 3.92. The standard InChI is InChI=1S/C24H26ClNO4/c1-15(2)24(23(29)26-14-13-17-9-11-19(25)12-10-17)21(27)20(22(28)30-24)16(3)18-7-5-4-6-8-18/h4-12,15-16,20H,13-14H2,1-3H3,(H,26,29). The number of nitrogens with one attached hydrogen (secondary N) is 1. The lowest BCUT2D eigenvalue weighted by Crippen LogP contribution is -2.56. The van der Waals surface area contributed by atoms with E-state index < -0.39 is 35.1 Å². The molecule has 0 aromatic heterocycles. The van der Waals surface area contributed by atoms with Crippen molar-refractivity contribution >= 4 is 29.3 Å². The lowest BCUT2D eigenvalue weighted by molar-refractivity contribution is -0.166. The molecule has 1 aliphatic heterocycles. The highest BCUT2D eigenvalue weighted by Gasteiger charge is 2.62. The van der Waals surface area contributed by atoms with Gasteiger partial charge in [-0.25, -0.2) is 0 Å². The van der Waals surface area contributed by atoms with Crippen LogP contribution >= 0.6 is 11.6 Å². The number of rotatable bonds is 7. The molecular formula is C24H26ClNO4. The fraction of sp³-hybridized carbons (Fsp3) is 0.375. The third-order valence-corrected chi connectivity index (χ3v) is 6.00. The maximum absolute atomic E-state index is 13.4. The Bertz CT molecular complexity index is 926. The van der Waals surface area contributed by atoms with Gasteiger partial charge in [-0.05, 0) is 29.7 Å². The predicted molar refractivity (Wildman–Crippen MR) is 115 cm³/mol. The molecule has 3 rings (SSSR count). The van der Waals surface area contributed by atoms with Crippen LogP contribution in [0.5, 0.6) is 0 Å². The van der Waals surface area contributed by atoms with E-state index in [1.54, 1.807) is 26.0 Å². The maximum atomic E-state index is 13.4. The van der Waals surface area contributed by atoms with Crippen LogP contribution in [0, 0.1) is 11.8 Å². The number of ether oxygens (including phenoxy) is 1. The lowest BCUT2D eigenvalue weighted by atomic mass is 9.76. The van der Waals surface area contributed by atoms with E-state index in [-0.39, 0.29) is 5.92 Å². The van der Waals surface area contributed by atoms with Gasteiger partial charge >= 0.3 is 5.97 Å². The number of ketones is 1. The number of Topliss-reactive ketones (excluding diaryl/α,β-unsaturated/α-hetero) is 1. The van der Waals surface area contributed by atoms with Crippen LogP contribution in [0.2, 0.25) is 5.02 Å². The summed E-state index contributed by atoms with van der Waals surface area (Å²) in [4.78, 5) is 39.2. The summed E-state index contributed by atoms with van der Waals surface area (Å²) in [5, 5.41) is 3.43. The zero-order valence-electron chi connectivity index (χ0n) is 17.4. The van der Waals surface area contributed by atoms with Crippen molar-refractivity contribution in [2.24, 2.45) is 11.8 Å². The van der Waals surface area contributed by atoms with E-state index in [0.29, 0.717) is 18.0 Å². The summed E-state index contributed by atoms with van der Waals surface area (Å²) in [5.41, 5.74) is 0.0595. The number of esters is 1. The molecule has 0 bridgehead atoms. The van der Waals surface area contributed by atoms with Crippen LogP contribution in [0.4, 0.5) is 0 Å². The number of benzene rings is 2. The maximum Gasteiger partial charge on any atom is 0.318 e. The highest BCUT2D eigenvalue weighted by atomic mass is 35.5. The molecule has 1 saturated heterocycles. The van der Waals surface area contributed by atoms with Gasteiger partial charge in [-0.2, -0.15) is 0 Å². The Balaban J connectivity index is 1.76. The molecule has 1 N–H and O–H groups in total. The number of carbonyl (C=O) groups is 3. The van der Waals surface area contributed by atoms with E-state index in [1.807, 2.05) is 49.4 Å². The summed E-state index contributed by atoms with van der Waals surface area (Å²) in [6.45, 7) is 5.58. The molecular weight excluding hydrogens is 402 g/mol. The van der Waals surface area contributed by atoms with Gasteiger partial charge in [0.05, 0.1) is 0 Å². The molecule has 6 heteroatoms. The molecule has 1 fully saturated rings. The third kappa shape index (κ3) is 4.12. The van der Waals surface area contributed by atoms with Gasteiger partial charge in [0.1, 0.15) is 5.92 Å². The summed E-state index contributed by atoms with van der Waals surface area (Å²) >= 11 is 5.89. The van der Waals surface area contributed by atoms with E-state index in [4.69, 9.17) is 16.3 Å². The van der Waals surface area contributed by atoms with Crippen molar-refractivity contribution in [3.8, 4) is 0 Å². The summed E-state index contributed by atoms with van der Waals surface area (Å²) < 4.78 is 5.54. The molecule has 158 valence electrons. The second-order valence-corrected chi connectivity index (χ2v) is 8.42. The molecule has 30 heavy (non-hydrogen) atoms. The second kappa shape index (κ2) is 9.00. The number of hydrogen-bond donors (Lipinski definition) is 1. The van der Waals surface area contributed by atoms with Crippen molar-refractivity contribution in [3.63, 3.8) is 0 Å². The molecule has 3 atom stereocenters. The zero-order valence-corrected chi connectivity index (χ0v) is 18.1. The molecule has 1 heterocycles. The van der Waals surface area contributed by atoms with Crippen LogP contribution in [-0.2, 0) is 25.5 Å². The Hall–Kier alpha value is -2.66. The van der Waals surface area contributed by atoms with E-state index in [1.165, 1.54) is 0 Å². The molecule has 0 aliphatic carbocycles. The second-order valence-electron chi connectivity index (χ2n) is 7.99. The number of cyclic esters (lactones) is 1. The first-order chi connectivity index (χ1) is 14.3. The van der Waals surface area contributed by atoms with E-state index >= 15 is 0 Å². The Morgan fingerprint density at radius 1 is 1.07 bits per heavy atom. The quantitative estimate of drug-likeness (QED) is 0.536. The van der Waals surface area contributed by atoms with Crippen LogP contribution in [0.15, 0.2) is 54.6 Å². The largest absolute Gasteiger partial charge is 0.440 e. The van der Waals surface area contributed by atoms with E-state index in [2.05, 4.69) is 5.32 Å². The Morgan fingerprint density at radius 3 is 2.30 bits per heavy atom. The number of carbonyl (C=O) groups excluding carboxylic acids is 3. The van der Waals surface area contributed by atoms with Crippen LogP contribution in [0.25, 0.3) is 0 Å².